The number of fused-ring (bicyclic) bond motifs is 1. The first-order valence-corrected chi connectivity index (χ1v) is 9.67. The Bertz CT molecular complexity index is 1120. The molecule has 0 radical (unpaired) electrons. The lowest BCUT2D eigenvalue weighted by Crippen LogP contribution is -2.10. The Kier molecular flexibility index (Phi) is 5.45. The summed E-state index contributed by atoms with van der Waals surface area (Å²) in [5.74, 6) is 1.75. The molecule has 0 saturated heterocycles. The number of nitrogens with zero attached hydrogens (tertiary/aromatic N) is 2. The van der Waals surface area contributed by atoms with Gasteiger partial charge in [-0.1, -0.05) is 60.1 Å². The predicted octanol–water partition coefficient (Wildman–Crippen LogP) is 6.16. The highest BCUT2D eigenvalue weighted by Crippen LogP contribution is 2.30. The Morgan fingerprint density at radius 3 is 2.57 bits per heavy atom. The first-order chi connectivity index (χ1) is 13.8. The van der Waals surface area contributed by atoms with Crippen molar-refractivity contribution in [1.29, 1.82) is 0 Å². The maximum absolute atomic E-state index is 6.45. The highest BCUT2D eigenvalue weighted by Gasteiger charge is 2.14. The van der Waals surface area contributed by atoms with Crippen LogP contribution in [-0.2, 0) is 13.0 Å². The molecule has 140 valence electrons. The van der Waals surface area contributed by atoms with Crippen LogP contribution in [0.1, 0.15) is 5.56 Å². The SMILES string of the molecule is C=CCc1ccccc1OCCn1c(-c2ccccc2Cl)nc2ccccc21. The maximum atomic E-state index is 6.45. The minimum Gasteiger partial charge on any atom is -0.491 e. The van der Waals surface area contributed by atoms with E-state index in [9.17, 15) is 0 Å². The topological polar surface area (TPSA) is 27.1 Å². The van der Waals surface area contributed by atoms with Gasteiger partial charge in [0.15, 0.2) is 0 Å². The molecule has 0 saturated carbocycles. The minimum absolute atomic E-state index is 0.534. The summed E-state index contributed by atoms with van der Waals surface area (Å²) in [6, 6.07) is 24.0. The lowest BCUT2D eigenvalue weighted by Gasteiger charge is -2.13. The normalized spacial score (nSPS) is 10.9. The van der Waals surface area contributed by atoms with Crippen LogP contribution in [0, 0.1) is 0 Å². The molecule has 4 aromatic rings. The molecule has 3 nitrogen and oxygen atoms in total. The van der Waals surface area contributed by atoms with E-state index in [-0.39, 0.29) is 0 Å². The van der Waals surface area contributed by atoms with Crippen molar-refractivity contribution in [1.82, 2.24) is 9.55 Å². The minimum atomic E-state index is 0.534. The smallest absolute Gasteiger partial charge is 0.142 e. The second-order valence-corrected chi connectivity index (χ2v) is 6.91. The van der Waals surface area contributed by atoms with Gasteiger partial charge in [0.2, 0.25) is 0 Å². The molecule has 0 aliphatic rings. The van der Waals surface area contributed by atoms with Crippen molar-refractivity contribution >= 4 is 22.6 Å². The van der Waals surface area contributed by atoms with Crippen molar-refractivity contribution in [2.75, 3.05) is 6.61 Å². The molecular weight excluding hydrogens is 368 g/mol. The summed E-state index contributed by atoms with van der Waals surface area (Å²) in [7, 11) is 0. The van der Waals surface area contributed by atoms with Crippen LogP contribution in [0.15, 0.2) is 85.5 Å². The molecule has 1 aromatic heterocycles. The molecule has 4 heteroatoms. The standard InChI is InChI=1S/C24H21ClN2O/c1-2-9-18-10-3-8-15-23(18)28-17-16-27-22-14-7-6-13-21(22)26-24(27)19-11-4-5-12-20(19)25/h2-8,10-15H,1,9,16-17H2. The van der Waals surface area contributed by atoms with Crippen molar-refractivity contribution in [3.8, 4) is 17.1 Å². The highest BCUT2D eigenvalue weighted by atomic mass is 35.5. The number of para-hydroxylation sites is 3. The van der Waals surface area contributed by atoms with Crippen LogP contribution in [0.2, 0.25) is 5.02 Å². The third kappa shape index (κ3) is 3.67. The molecule has 0 bridgehead atoms. The molecule has 28 heavy (non-hydrogen) atoms. The van der Waals surface area contributed by atoms with Gasteiger partial charge >= 0.3 is 0 Å². The van der Waals surface area contributed by atoms with E-state index < -0.39 is 0 Å². The van der Waals surface area contributed by atoms with Crippen molar-refractivity contribution in [2.24, 2.45) is 0 Å². The molecule has 0 aliphatic carbocycles. The summed E-state index contributed by atoms with van der Waals surface area (Å²) < 4.78 is 8.28. The lowest BCUT2D eigenvalue weighted by atomic mass is 10.1. The van der Waals surface area contributed by atoms with Crippen LogP contribution in [0.4, 0.5) is 0 Å². The second-order valence-electron chi connectivity index (χ2n) is 6.50. The third-order valence-corrected chi connectivity index (χ3v) is 5.01. The van der Waals surface area contributed by atoms with Crippen molar-refractivity contribution in [3.63, 3.8) is 0 Å². The van der Waals surface area contributed by atoms with Gasteiger partial charge in [0.05, 0.1) is 22.6 Å². The number of aromatic nitrogens is 2. The van der Waals surface area contributed by atoms with Gasteiger partial charge in [-0.2, -0.15) is 0 Å². The van der Waals surface area contributed by atoms with Crippen LogP contribution in [0.3, 0.4) is 0 Å². The molecule has 0 spiro atoms. The van der Waals surface area contributed by atoms with Crippen molar-refractivity contribution in [3.05, 3.63) is 96.0 Å². The second kappa shape index (κ2) is 8.32. The third-order valence-electron chi connectivity index (χ3n) is 4.68. The molecule has 0 atom stereocenters. The molecule has 1 heterocycles. The Labute approximate surface area is 169 Å². The summed E-state index contributed by atoms with van der Waals surface area (Å²) in [6.45, 7) is 5.03. The molecule has 0 unspecified atom stereocenters. The van der Waals surface area contributed by atoms with Gasteiger partial charge in [-0.25, -0.2) is 4.98 Å². The summed E-state index contributed by atoms with van der Waals surface area (Å²) in [6.07, 6.45) is 2.68. The van der Waals surface area contributed by atoms with Gasteiger partial charge in [0.1, 0.15) is 18.2 Å². The number of imidazole rings is 1. The van der Waals surface area contributed by atoms with E-state index in [4.69, 9.17) is 21.3 Å². The Morgan fingerprint density at radius 1 is 0.964 bits per heavy atom. The quantitative estimate of drug-likeness (QED) is 0.354. The van der Waals surface area contributed by atoms with E-state index in [2.05, 4.69) is 23.3 Å². The van der Waals surface area contributed by atoms with Gasteiger partial charge in [-0.05, 0) is 42.3 Å². The van der Waals surface area contributed by atoms with Crippen LogP contribution >= 0.6 is 11.6 Å². The van der Waals surface area contributed by atoms with Crippen LogP contribution in [-0.4, -0.2) is 16.2 Å². The van der Waals surface area contributed by atoms with E-state index >= 15 is 0 Å². The number of ether oxygens (including phenoxy) is 1. The fraction of sp³-hybridized carbons (Fsp3) is 0.125. The number of allylic oxidation sites excluding steroid dienone is 1. The maximum Gasteiger partial charge on any atom is 0.142 e. The zero-order chi connectivity index (χ0) is 19.3. The van der Waals surface area contributed by atoms with Crippen LogP contribution in [0.25, 0.3) is 22.4 Å². The monoisotopic (exact) mass is 388 g/mol. The molecule has 0 amide bonds. The zero-order valence-corrected chi connectivity index (χ0v) is 16.3. The van der Waals surface area contributed by atoms with E-state index in [0.29, 0.717) is 18.2 Å². The molecule has 0 aliphatic heterocycles. The highest BCUT2D eigenvalue weighted by molar-refractivity contribution is 6.33. The van der Waals surface area contributed by atoms with Crippen LogP contribution < -0.4 is 4.74 Å². The van der Waals surface area contributed by atoms with Gasteiger partial charge in [-0.3, -0.25) is 0 Å². The summed E-state index contributed by atoms with van der Waals surface area (Å²) in [5, 5.41) is 0.691. The fourth-order valence-corrected chi connectivity index (χ4v) is 3.59. The van der Waals surface area contributed by atoms with E-state index in [0.717, 1.165) is 40.2 Å². The van der Waals surface area contributed by atoms with E-state index in [1.54, 1.807) is 0 Å². The Morgan fingerprint density at radius 2 is 1.71 bits per heavy atom. The van der Waals surface area contributed by atoms with Crippen LogP contribution in [0.5, 0.6) is 5.75 Å². The first-order valence-electron chi connectivity index (χ1n) is 9.29. The van der Waals surface area contributed by atoms with E-state index in [1.165, 1.54) is 0 Å². The number of rotatable bonds is 7. The number of hydrogen-bond donors (Lipinski definition) is 0. The average molecular weight is 389 g/mol. The molecule has 4 rings (SSSR count). The summed E-state index contributed by atoms with van der Waals surface area (Å²) >= 11 is 6.45. The number of halogens is 1. The van der Waals surface area contributed by atoms with Gasteiger partial charge in [-0.15, -0.1) is 6.58 Å². The molecule has 3 aromatic carbocycles. The average Bonchev–Trinajstić information content (AvgIpc) is 3.08. The molecule has 0 fully saturated rings. The molecule has 0 N–H and O–H groups in total. The van der Waals surface area contributed by atoms with Crippen molar-refractivity contribution in [2.45, 2.75) is 13.0 Å². The largest absolute Gasteiger partial charge is 0.491 e. The lowest BCUT2D eigenvalue weighted by molar-refractivity contribution is 0.298. The van der Waals surface area contributed by atoms with Crippen molar-refractivity contribution < 1.29 is 4.74 Å². The van der Waals surface area contributed by atoms with E-state index in [1.807, 2.05) is 66.7 Å². The fourth-order valence-electron chi connectivity index (χ4n) is 3.37. The van der Waals surface area contributed by atoms with Gasteiger partial charge in [0, 0.05) is 5.56 Å². The van der Waals surface area contributed by atoms with Gasteiger partial charge < -0.3 is 9.30 Å². The predicted molar refractivity (Wildman–Crippen MR) is 116 cm³/mol. The number of benzene rings is 3. The summed E-state index contributed by atoms with van der Waals surface area (Å²) in [5.41, 5.74) is 4.08. The summed E-state index contributed by atoms with van der Waals surface area (Å²) in [4.78, 5) is 4.83. The number of hydrogen-bond acceptors (Lipinski definition) is 2. The Balaban J connectivity index is 1.64. The molecular formula is C24H21ClN2O. The zero-order valence-electron chi connectivity index (χ0n) is 15.5. The Hall–Kier alpha value is -3.04. The first kappa shape index (κ1) is 18.3. The van der Waals surface area contributed by atoms with Gasteiger partial charge in [0.25, 0.3) is 0 Å².